The van der Waals surface area contributed by atoms with Crippen LogP contribution in [-0.2, 0) is 18.2 Å². The highest BCUT2D eigenvalue weighted by Gasteiger charge is 2.18. The molecule has 1 aliphatic heterocycles. The van der Waals surface area contributed by atoms with Crippen LogP contribution in [0.25, 0.3) is 11.3 Å². The Hall–Kier alpha value is -3.25. The molecule has 1 aliphatic rings. The Bertz CT molecular complexity index is 1130. The minimum absolute atomic E-state index is 0.150. The standard InChI is InChI=1S/C25H28N4O2/c1-17-4-3-5-23(27-17)19-8-6-18(7-9-19)14-21-15-24(22(16-26)25(30)29(21)2)28-20-10-12-31-13-11-20/h3-9,15-16,20,26,28H,10-14H2,1-2H3. The number of hydrogen-bond acceptors (Lipinski definition) is 5. The normalized spacial score (nSPS) is 14.4. The van der Waals surface area contributed by atoms with Crippen LogP contribution in [-0.4, -0.2) is 35.0 Å². The van der Waals surface area contributed by atoms with E-state index in [0.29, 0.717) is 12.0 Å². The Morgan fingerprint density at radius 3 is 2.61 bits per heavy atom. The summed E-state index contributed by atoms with van der Waals surface area (Å²) >= 11 is 0. The summed E-state index contributed by atoms with van der Waals surface area (Å²) in [6.45, 7) is 3.43. The maximum Gasteiger partial charge on any atom is 0.261 e. The predicted octanol–water partition coefficient (Wildman–Crippen LogP) is 3.94. The van der Waals surface area contributed by atoms with Crippen molar-refractivity contribution in [3.05, 3.63) is 81.4 Å². The van der Waals surface area contributed by atoms with E-state index >= 15 is 0 Å². The molecule has 1 fully saturated rings. The number of hydrogen-bond donors (Lipinski definition) is 2. The number of anilines is 1. The molecular weight excluding hydrogens is 388 g/mol. The monoisotopic (exact) mass is 416 g/mol. The Balaban J connectivity index is 1.60. The quantitative estimate of drug-likeness (QED) is 0.597. The summed E-state index contributed by atoms with van der Waals surface area (Å²) < 4.78 is 7.08. The molecule has 1 aromatic carbocycles. The third-order valence-corrected chi connectivity index (χ3v) is 5.82. The summed E-state index contributed by atoms with van der Waals surface area (Å²) in [5.74, 6) is 0. The maximum atomic E-state index is 12.9. The molecule has 2 N–H and O–H groups in total. The first-order valence-corrected chi connectivity index (χ1v) is 10.7. The molecule has 3 aromatic rings. The molecule has 6 heteroatoms. The van der Waals surface area contributed by atoms with Crippen LogP contribution in [0.2, 0.25) is 0 Å². The third-order valence-electron chi connectivity index (χ3n) is 5.82. The first-order valence-electron chi connectivity index (χ1n) is 10.7. The number of nitrogens with zero attached hydrogens (tertiary/aromatic N) is 2. The fourth-order valence-electron chi connectivity index (χ4n) is 3.96. The molecule has 2 aromatic heterocycles. The fraction of sp³-hybridized carbons (Fsp3) is 0.320. The van der Waals surface area contributed by atoms with Gasteiger partial charge in [-0.25, -0.2) is 0 Å². The van der Waals surface area contributed by atoms with Gasteiger partial charge in [0.05, 0.1) is 16.9 Å². The van der Waals surface area contributed by atoms with Crippen molar-refractivity contribution in [1.82, 2.24) is 9.55 Å². The summed E-state index contributed by atoms with van der Waals surface area (Å²) in [6.07, 6.45) is 3.58. The van der Waals surface area contributed by atoms with Crippen molar-refractivity contribution in [2.24, 2.45) is 7.05 Å². The molecule has 0 spiro atoms. The second-order valence-electron chi connectivity index (χ2n) is 8.04. The van der Waals surface area contributed by atoms with Crippen LogP contribution >= 0.6 is 0 Å². The van der Waals surface area contributed by atoms with Gasteiger partial charge >= 0.3 is 0 Å². The van der Waals surface area contributed by atoms with Crippen molar-refractivity contribution >= 4 is 11.9 Å². The second-order valence-corrected chi connectivity index (χ2v) is 8.04. The summed E-state index contributed by atoms with van der Waals surface area (Å²) in [5, 5.41) is 11.2. The molecule has 4 rings (SSSR count). The molecule has 0 saturated carbocycles. The van der Waals surface area contributed by atoms with Gasteiger partial charge in [0, 0.05) is 55.9 Å². The maximum absolute atomic E-state index is 12.9. The zero-order valence-corrected chi connectivity index (χ0v) is 18.0. The highest BCUT2D eigenvalue weighted by molar-refractivity contribution is 5.85. The van der Waals surface area contributed by atoms with Crippen molar-refractivity contribution in [3.8, 4) is 11.3 Å². The van der Waals surface area contributed by atoms with E-state index in [4.69, 9.17) is 10.1 Å². The van der Waals surface area contributed by atoms with Crippen molar-refractivity contribution in [1.29, 1.82) is 5.41 Å². The van der Waals surface area contributed by atoms with Gasteiger partial charge in [-0.1, -0.05) is 30.3 Å². The first kappa shape index (κ1) is 21.0. The van der Waals surface area contributed by atoms with Gasteiger partial charge < -0.3 is 20.0 Å². The zero-order valence-electron chi connectivity index (χ0n) is 18.0. The SMILES string of the molecule is Cc1cccc(-c2ccc(Cc3cc(NC4CCOCC4)c(C=N)c(=O)n3C)cc2)n1. The van der Waals surface area contributed by atoms with Gasteiger partial charge in [0.2, 0.25) is 0 Å². The summed E-state index contributed by atoms with van der Waals surface area (Å²) in [6, 6.07) is 16.6. The van der Waals surface area contributed by atoms with Crippen LogP contribution in [0.4, 0.5) is 5.69 Å². The van der Waals surface area contributed by atoms with E-state index in [-0.39, 0.29) is 11.6 Å². The molecule has 31 heavy (non-hydrogen) atoms. The fourth-order valence-corrected chi connectivity index (χ4v) is 3.96. The lowest BCUT2D eigenvalue weighted by Crippen LogP contribution is -2.31. The van der Waals surface area contributed by atoms with Gasteiger partial charge in [-0.2, -0.15) is 0 Å². The Morgan fingerprint density at radius 2 is 1.94 bits per heavy atom. The van der Waals surface area contributed by atoms with Crippen molar-refractivity contribution in [3.63, 3.8) is 0 Å². The van der Waals surface area contributed by atoms with Gasteiger partial charge in [-0.15, -0.1) is 0 Å². The molecule has 6 nitrogen and oxygen atoms in total. The first-order chi connectivity index (χ1) is 15.0. The number of aromatic nitrogens is 2. The Kier molecular flexibility index (Phi) is 6.28. The van der Waals surface area contributed by atoms with Crippen LogP contribution in [0, 0.1) is 12.3 Å². The largest absolute Gasteiger partial charge is 0.381 e. The van der Waals surface area contributed by atoms with E-state index in [0.717, 1.165) is 66.2 Å². The molecule has 160 valence electrons. The minimum atomic E-state index is -0.150. The van der Waals surface area contributed by atoms with Crippen LogP contribution in [0.3, 0.4) is 0 Å². The van der Waals surface area contributed by atoms with Crippen molar-refractivity contribution in [2.75, 3.05) is 18.5 Å². The Labute approximate surface area is 182 Å². The minimum Gasteiger partial charge on any atom is -0.381 e. The average Bonchev–Trinajstić information content (AvgIpc) is 2.79. The summed E-state index contributed by atoms with van der Waals surface area (Å²) in [4.78, 5) is 17.5. The lowest BCUT2D eigenvalue weighted by atomic mass is 10.0. The highest BCUT2D eigenvalue weighted by Crippen LogP contribution is 2.22. The zero-order chi connectivity index (χ0) is 21.8. The van der Waals surface area contributed by atoms with E-state index < -0.39 is 0 Å². The molecule has 1 saturated heterocycles. The van der Waals surface area contributed by atoms with Gasteiger partial charge in [0.25, 0.3) is 5.56 Å². The summed E-state index contributed by atoms with van der Waals surface area (Å²) in [5.41, 5.74) is 6.03. The second kappa shape index (κ2) is 9.27. The Morgan fingerprint density at radius 1 is 1.19 bits per heavy atom. The molecule has 3 heterocycles. The van der Waals surface area contributed by atoms with Crippen molar-refractivity contribution in [2.45, 2.75) is 32.2 Å². The molecule has 0 radical (unpaired) electrons. The van der Waals surface area contributed by atoms with Crippen LogP contribution < -0.4 is 10.9 Å². The predicted molar refractivity (Wildman–Crippen MR) is 124 cm³/mol. The molecule has 0 aliphatic carbocycles. The molecule has 0 amide bonds. The average molecular weight is 417 g/mol. The van der Waals surface area contributed by atoms with Gasteiger partial charge in [0.15, 0.2) is 0 Å². The van der Waals surface area contributed by atoms with E-state index in [1.807, 2.05) is 31.2 Å². The van der Waals surface area contributed by atoms with E-state index in [1.165, 1.54) is 0 Å². The number of ether oxygens (including phenoxy) is 1. The number of nitrogens with one attached hydrogen (secondary N) is 2. The number of benzene rings is 1. The lowest BCUT2D eigenvalue weighted by Gasteiger charge is -2.25. The van der Waals surface area contributed by atoms with Crippen LogP contribution in [0.5, 0.6) is 0 Å². The van der Waals surface area contributed by atoms with Gasteiger partial charge in [-0.05, 0) is 43.5 Å². The van der Waals surface area contributed by atoms with Gasteiger partial charge in [-0.3, -0.25) is 9.78 Å². The van der Waals surface area contributed by atoms with Crippen LogP contribution in [0.1, 0.15) is 35.4 Å². The van der Waals surface area contributed by atoms with E-state index in [1.54, 1.807) is 11.6 Å². The van der Waals surface area contributed by atoms with Gasteiger partial charge in [0.1, 0.15) is 0 Å². The number of pyridine rings is 2. The lowest BCUT2D eigenvalue weighted by molar-refractivity contribution is 0.0904. The van der Waals surface area contributed by atoms with Crippen molar-refractivity contribution < 1.29 is 4.74 Å². The molecule has 0 atom stereocenters. The number of rotatable bonds is 6. The third kappa shape index (κ3) is 4.75. The molecule has 0 bridgehead atoms. The van der Waals surface area contributed by atoms with Crippen LogP contribution in [0.15, 0.2) is 53.3 Å². The van der Waals surface area contributed by atoms with E-state index in [9.17, 15) is 4.79 Å². The smallest absolute Gasteiger partial charge is 0.261 e. The number of aryl methyl sites for hydroxylation is 1. The molecule has 0 unspecified atom stereocenters. The van der Waals surface area contributed by atoms with E-state index in [2.05, 4.69) is 34.6 Å². The highest BCUT2D eigenvalue weighted by atomic mass is 16.5. The summed E-state index contributed by atoms with van der Waals surface area (Å²) in [7, 11) is 1.77. The topological polar surface area (TPSA) is 80.0 Å². The molecular formula is C25H28N4O2.